The Morgan fingerprint density at radius 3 is 2.88 bits per heavy atom. The Bertz CT molecular complexity index is 568. The van der Waals surface area contributed by atoms with Crippen LogP contribution in [0.3, 0.4) is 0 Å². The molecule has 2 rings (SSSR count). The molecule has 1 heterocycles. The summed E-state index contributed by atoms with van der Waals surface area (Å²) in [5.74, 6) is -0.997. The van der Waals surface area contributed by atoms with Crippen LogP contribution in [0.2, 0.25) is 0 Å². The Hall–Kier alpha value is -2.09. The zero-order valence-electron chi connectivity index (χ0n) is 8.86. The van der Waals surface area contributed by atoms with E-state index >= 15 is 0 Å². The van der Waals surface area contributed by atoms with Crippen molar-refractivity contribution < 1.29 is 9.90 Å². The lowest BCUT2D eigenvalue weighted by atomic mass is 10.2. The first-order valence-electron chi connectivity index (χ1n) is 4.61. The highest BCUT2D eigenvalue weighted by Crippen LogP contribution is 2.30. The van der Waals surface area contributed by atoms with Crippen molar-refractivity contribution in [1.29, 1.82) is 0 Å². The van der Waals surface area contributed by atoms with E-state index in [4.69, 9.17) is 10.8 Å². The van der Waals surface area contributed by atoms with Crippen LogP contribution in [0.15, 0.2) is 28.3 Å². The first kappa shape index (κ1) is 11.4. The lowest BCUT2D eigenvalue weighted by Crippen LogP contribution is -1.99. The Kier molecular flexibility index (Phi) is 2.96. The number of tetrazole rings is 1. The van der Waals surface area contributed by atoms with E-state index in [0.717, 1.165) is 0 Å². The van der Waals surface area contributed by atoms with E-state index in [-0.39, 0.29) is 5.56 Å². The number of hydrogen-bond acceptors (Lipinski definition) is 6. The lowest BCUT2D eigenvalue weighted by molar-refractivity contribution is 0.0696. The Morgan fingerprint density at radius 1 is 1.53 bits per heavy atom. The topological polar surface area (TPSA) is 107 Å². The number of aromatic carboxylic acids is 1. The Balaban J connectivity index is 2.35. The summed E-state index contributed by atoms with van der Waals surface area (Å²) < 4.78 is 1.48. The number of rotatable bonds is 3. The number of nitrogen functional groups attached to an aromatic ring is 1. The monoisotopic (exact) mass is 251 g/mol. The molecule has 3 N–H and O–H groups in total. The second-order valence-electron chi connectivity index (χ2n) is 3.24. The van der Waals surface area contributed by atoms with Crippen molar-refractivity contribution in [2.24, 2.45) is 7.05 Å². The number of nitrogens with zero attached hydrogens (tertiary/aromatic N) is 4. The van der Waals surface area contributed by atoms with Crippen LogP contribution in [0.5, 0.6) is 0 Å². The predicted molar refractivity (Wildman–Crippen MR) is 60.7 cm³/mol. The van der Waals surface area contributed by atoms with Gasteiger partial charge in [-0.15, -0.1) is 5.10 Å². The summed E-state index contributed by atoms with van der Waals surface area (Å²) in [5.41, 5.74) is 6.43. The third-order valence-corrected chi connectivity index (χ3v) is 3.14. The molecule has 0 unspecified atom stereocenters. The average Bonchev–Trinajstić information content (AvgIpc) is 2.67. The van der Waals surface area contributed by atoms with E-state index in [2.05, 4.69) is 15.5 Å². The molecule has 0 aliphatic carbocycles. The average molecular weight is 251 g/mol. The summed E-state index contributed by atoms with van der Waals surface area (Å²) in [6.07, 6.45) is 0. The maximum atomic E-state index is 10.8. The number of nitrogens with two attached hydrogens (primary N) is 1. The van der Waals surface area contributed by atoms with Crippen LogP contribution in [0.1, 0.15) is 10.4 Å². The van der Waals surface area contributed by atoms with Gasteiger partial charge in [0.25, 0.3) is 0 Å². The molecule has 0 aliphatic heterocycles. The summed E-state index contributed by atoms with van der Waals surface area (Å²) in [4.78, 5) is 11.5. The summed E-state index contributed by atoms with van der Waals surface area (Å²) in [5, 5.41) is 20.4. The van der Waals surface area contributed by atoms with E-state index in [1.165, 1.54) is 28.6 Å². The van der Waals surface area contributed by atoms with Gasteiger partial charge in [0.2, 0.25) is 5.16 Å². The van der Waals surface area contributed by atoms with Gasteiger partial charge in [-0.1, -0.05) is 0 Å². The van der Waals surface area contributed by atoms with Gasteiger partial charge in [-0.3, -0.25) is 0 Å². The molecule has 8 heteroatoms. The second kappa shape index (κ2) is 4.42. The molecule has 0 radical (unpaired) electrons. The molecular formula is C9H9N5O2S. The molecule has 0 atom stereocenters. The Morgan fingerprint density at radius 2 is 2.29 bits per heavy atom. The number of carboxylic acids is 1. The van der Waals surface area contributed by atoms with Crippen LogP contribution in [0, 0.1) is 0 Å². The van der Waals surface area contributed by atoms with E-state index in [1.54, 1.807) is 13.1 Å². The van der Waals surface area contributed by atoms with Crippen LogP contribution in [-0.4, -0.2) is 31.3 Å². The van der Waals surface area contributed by atoms with Gasteiger partial charge >= 0.3 is 5.97 Å². The van der Waals surface area contributed by atoms with Gasteiger partial charge in [0.05, 0.1) is 5.56 Å². The molecule has 2 aromatic rings. The van der Waals surface area contributed by atoms with Gasteiger partial charge in [0, 0.05) is 17.6 Å². The quantitative estimate of drug-likeness (QED) is 0.771. The second-order valence-corrected chi connectivity index (χ2v) is 4.25. The highest BCUT2D eigenvalue weighted by Gasteiger charge is 2.11. The van der Waals surface area contributed by atoms with Crippen LogP contribution in [-0.2, 0) is 7.05 Å². The molecule has 0 aliphatic rings. The minimum absolute atomic E-state index is 0.178. The van der Waals surface area contributed by atoms with Crippen LogP contribution in [0.25, 0.3) is 0 Å². The van der Waals surface area contributed by atoms with Gasteiger partial charge in [0.1, 0.15) is 0 Å². The Labute approximate surface area is 101 Å². The van der Waals surface area contributed by atoms with Crippen molar-refractivity contribution in [3.8, 4) is 0 Å². The van der Waals surface area contributed by atoms with Crippen molar-refractivity contribution >= 4 is 23.4 Å². The SMILES string of the molecule is Cn1nnnc1Sc1cc(C(=O)O)ccc1N. The maximum absolute atomic E-state index is 10.8. The molecule has 0 amide bonds. The van der Waals surface area contributed by atoms with Gasteiger partial charge in [-0.2, -0.15) is 0 Å². The normalized spacial score (nSPS) is 10.4. The molecule has 88 valence electrons. The van der Waals surface area contributed by atoms with Crippen molar-refractivity contribution in [3.05, 3.63) is 23.8 Å². The summed E-state index contributed by atoms with van der Waals surface area (Å²) >= 11 is 1.22. The molecule has 0 saturated carbocycles. The molecular weight excluding hydrogens is 242 g/mol. The number of aromatic nitrogens is 4. The van der Waals surface area contributed by atoms with Crippen LogP contribution < -0.4 is 5.73 Å². The highest BCUT2D eigenvalue weighted by molar-refractivity contribution is 7.99. The fraction of sp³-hybridized carbons (Fsp3) is 0.111. The molecule has 0 fully saturated rings. The smallest absolute Gasteiger partial charge is 0.335 e. The van der Waals surface area contributed by atoms with E-state index in [0.29, 0.717) is 15.7 Å². The zero-order chi connectivity index (χ0) is 12.4. The number of anilines is 1. The first-order chi connectivity index (χ1) is 8.08. The number of carbonyl (C=O) groups is 1. The van der Waals surface area contributed by atoms with Gasteiger partial charge < -0.3 is 10.8 Å². The number of carboxylic acid groups (broad SMARTS) is 1. The maximum Gasteiger partial charge on any atom is 0.335 e. The van der Waals surface area contributed by atoms with Gasteiger partial charge in [-0.25, -0.2) is 9.48 Å². The summed E-state index contributed by atoms with van der Waals surface area (Å²) in [6.45, 7) is 0. The molecule has 0 spiro atoms. The molecule has 1 aromatic carbocycles. The molecule has 1 aromatic heterocycles. The minimum atomic E-state index is -0.997. The third-order valence-electron chi connectivity index (χ3n) is 2.04. The summed E-state index contributed by atoms with van der Waals surface area (Å²) in [7, 11) is 1.69. The molecule has 17 heavy (non-hydrogen) atoms. The first-order valence-corrected chi connectivity index (χ1v) is 5.42. The number of hydrogen-bond donors (Lipinski definition) is 2. The number of aryl methyl sites for hydroxylation is 1. The predicted octanol–water partition coefficient (Wildman–Crippen LogP) is 0.642. The van der Waals surface area contributed by atoms with Gasteiger partial charge in [0.15, 0.2) is 0 Å². The van der Waals surface area contributed by atoms with Crippen LogP contribution >= 0.6 is 11.8 Å². The fourth-order valence-electron chi connectivity index (χ4n) is 1.16. The van der Waals surface area contributed by atoms with Gasteiger partial charge in [-0.05, 0) is 40.4 Å². The molecule has 0 bridgehead atoms. The van der Waals surface area contributed by atoms with Crippen LogP contribution in [0.4, 0.5) is 5.69 Å². The van der Waals surface area contributed by atoms with Crippen molar-refractivity contribution in [2.45, 2.75) is 10.1 Å². The molecule has 0 saturated heterocycles. The number of benzene rings is 1. The minimum Gasteiger partial charge on any atom is -0.478 e. The third kappa shape index (κ3) is 2.36. The van der Waals surface area contributed by atoms with E-state index < -0.39 is 5.97 Å². The van der Waals surface area contributed by atoms with Crippen molar-refractivity contribution in [2.75, 3.05) is 5.73 Å². The van der Waals surface area contributed by atoms with E-state index in [1.807, 2.05) is 0 Å². The van der Waals surface area contributed by atoms with Crippen molar-refractivity contribution in [1.82, 2.24) is 20.2 Å². The fourth-order valence-corrected chi connectivity index (χ4v) is 1.98. The summed E-state index contributed by atoms with van der Waals surface area (Å²) in [6, 6.07) is 4.50. The largest absolute Gasteiger partial charge is 0.478 e. The molecule has 7 nitrogen and oxygen atoms in total. The zero-order valence-corrected chi connectivity index (χ0v) is 9.68. The van der Waals surface area contributed by atoms with E-state index in [9.17, 15) is 4.79 Å². The standard InChI is InChI=1S/C9H9N5O2S/c1-14-9(11-12-13-14)17-7-4-5(8(15)16)2-3-6(7)10/h2-4H,10H2,1H3,(H,15,16). The lowest BCUT2D eigenvalue weighted by Gasteiger charge is -2.04. The van der Waals surface area contributed by atoms with Crippen molar-refractivity contribution in [3.63, 3.8) is 0 Å². The highest BCUT2D eigenvalue weighted by atomic mass is 32.2.